The van der Waals surface area contributed by atoms with Gasteiger partial charge < -0.3 is 15.2 Å². The van der Waals surface area contributed by atoms with Crippen LogP contribution in [0.3, 0.4) is 0 Å². The molecular formula is C23H29N3O6S. The number of nitrogens with two attached hydrogens (primary N) is 1. The average molecular weight is 476 g/mol. The Bertz CT molecular complexity index is 1230. The molecule has 10 heteroatoms. The van der Waals surface area contributed by atoms with E-state index >= 15 is 0 Å². The highest BCUT2D eigenvalue weighted by Crippen LogP contribution is 2.51. The van der Waals surface area contributed by atoms with Crippen molar-refractivity contribution in [3.8, 4) is 0 Å². The first kappa shape index (κ1) is 22.4. The number of sulfonamides is 1. The van der Waals surface area contributed by atoms with Gasteiger partial charge >= 0.3 is 6.16 Å². The second-order valence-electron chi connectivity index (χ2n) is 9.29. The Labute approximate surface area is 192 Å². The first-order valence-electron chi connectivity index (χ1n) is 11.6. The van der Waals surface area contributed by atoms with Gasteiger partial charge in [0.25, 0.3) is 5.56 Å². The minimum absolute atomic E-state index is 0.0993. The van der Waals surface area contributed by atoms with Gasteiger partial charge in [-0.1, -0.05) is 12.5 Å². The molecule has 2 heterocycles. The molecule has 1 atom stereocenters. The van der Waals surface area contributed by atoms with Crippen LogP contribution in [0.2, 0.25) is 0 Å². The first-order chi connectivity index (χ1) is 15.8. The van der Waals surface area contributed by atoms with Gasteiger partial charge in [-0.25, -0.2) is 13.2 Å². The van der Waals surface area contributed by atoms with E-state index in [1.807, 2.05) is 0 Å². The van der Waals surface area contributed by atoms with Crippen molar-refractivity contribution < 1.29 is 22.7 Å². The predicted octanol–water partition coefficient (Wildman–Crippen LogP) is 2.70. The molecule has 0 amide bonds. The van der Waals surface area contributed by atoms with E-state index in [0.717, 1.165) is 44.9 Å². The van der Waals surface area contributed by atoms with E-state index in [0.29, 0.717) is 18.4 Å². The lowest BCUT2D eigenvalue weighted by molar-refractivity contribution is -0.00412. The van der Waals surface area contributed by atoms with Gasteiger partial charge in [-0.05, 0) is 63.1 Å². The van der Waals surface area contributed by atoms with Crippen molar-refractivity contribution in [3.05, 3.63) is 40.8 Å². The molecule has 1 spiro atoms. The van der Waals surface area contributed by atoms with E-state index in [9.17, 15) is 18.0 Å². The van der Waals surface area contributed by atoms with Gasteiger partial charge in [0, 0.05) is 29.6 Å². The second-order valence-corrected chi connectivity index (χ2v) is 11.1. The second kappa shape index (κ2) is 8.41. The number of nitrogens with zero attached hydrogens (tertiary/aromatic N) is 2. The highest BCUT2D eigenvalue weighted by molar-refractivity contribution is 7.89. The smallest absolute Gasteiger partial charge is 0.431 e. The summed E-state index contributed by atoms with van der Waals surface area (Å²) in [5.41, 5.74) is 5.28. The number of hydrogen-bond acceptors (Lipinski definition) is 7. The van der Waals surface area contributed by atoms with Crippen LogP contribution in [0.25, 0.3) is 10.8 Å². The van der Waals surface area contributed by atoms with Crippen molar-refractivity contribution in [1.29, 1.82) is 0 Å². The van der Waals surface area contributed by atoms with Gasteiger partial charge in [-0.2, -0.15) is 4.31 Å². The predicted molar refractivity (Wildman–Crippen MR) is 121 cm³/mol. The minimum atomic E-state index is -3.82. The first-order valence-corrected chi connectivity index (χ1v) is 13.0. The van der Waals surface area contributed by atoms with E-state index in [4.69, 9.17) is 15.2 Å². The van der Waals surface area contributed by atoms with Crippen molar-refractivity contribution >= 4 is 27.0 Å². The Hall–Kier alpha value is -2.43. The maximum absolute atomic E-state index is 13.5. The zero-order valence-corrected chi connectivity index (χ0v) is 19.3. The van der Waals surface area contributed by atoms with Crippen LogP contribution in [0.4, 0.5) is 4.79 Å². The molecule has 1 saturated heterocycles. The zero-order chi connectivity index (χ0) is 23.2. The van der Waals surface area contributed by atoms with Crippen LogP contribution >= 0.6 is 0 Å². The number of carbonyl (C=O) groups excluding carboxylic acids is 1. The normalized spacial score (nSPS) is 23.1. The average Bonchev–Trinajstić information content (AvgIpc) is 3.53. The van der Waals surface area contributed by atoms with Crippen LogP contribution in [0.5, 0.6) is 0 Å². The molecule has 1 aromatic heterocycles. The van der Waals surface area contributed by atoms with Crippen molar-refractivity contribution in [2.45, 2.75) is 80.7 Å². The van der Waals surface area contributed by atoms with Crippen LogP contribution in [0.1, 0.15) is 51.4 Å². The third-order valence-corrected chi connectivity index (χ3v) is 9.31. The zero-order valence-electron chi connectivity index (χ0n) is 18.4. The summed E-state index contributed by atoms with van der Waals surface area (Å²) >= 11 is 0. The molecule has 3 fully saturated rings. The fraction of sp³-hybridized carbons (Fsp3) is 0.565. The summed E-state index contributed by atoms with van der Waals surface area (Å²) in [5, 5.41) is 0.593. The fourth-order valence-electron chi connectivity index (χ4n) is 5.25. The lowest BCUT2D eigenvalue weighted by atomic mass is 9.98. The standard InChI is InChI=1S/C23H29N3O6S/c24-20-10-14-26(23(20)11-12-23)33(29,30)19-8-4-7-18-17(19)9-13-25(21(18)27)15-31-22(28)32-16-5-2-1-3-6-16/h4,7-9,13,16,20H,1-3,5-6,10-12,14-15,24H2/t20-/m0/s1. The van der Waals surface area contributed by atoms with Crippen molar-refractivity contribution in [3.63, 3.8) is 0 Å². The summed E-state index contributed by atoms with van der Waals surface area (Å²) in [5.74, 6) is 0. The van der Waals surface area contributed by atoms with Gasteiger partial charge in [-0.15, -0.1) is 0 Å². The minimum Gasteiger partial charge on any atom is -0.431 e. The third-order valence-electron chi connectivity index (χ3n) is 7.28. The van der Waals surface area contributed by atoms with Crippen LogP contribution in [0, 0.1) is 0 Å². The molecule has 0 bridgehead atoms. The van der Waals surface area contributed by atoms with Gasteiger partial charge in [0.05, 0.1) is 10.4 Å². The summed E-state index contributed by atoms with van der Waals surface area (Å²) in [6.45, 7) is 0.0787. The summed E-state index contributed by atoms with van der Waals surface area (Å²) < 4.78 is 40.3. The number of pyridine rings is 1. The van der Waals surface area contributed by atoms with Crippen molar-refractivity contribution in [2.24, 2.45) is 5.73 Å². The van der Waals surface area contributed by atoms with E-state index in [1.54, 1.807) is 18.2 Å². The Balaban J connectivity index is 1.37. The van der Waals surface area contributed by atoms with Gasteiger partial charge in [-0.3, -0.25) is 9.36 Å². The molecule has 178 valence electrons. The molecule has 0 unspecified atom stereocenters. The lowest BCUT2D eigenvalue weighted by Gasteiger charge is -2.26. The molecular weight excluding hydrogens is 446 g/mol. The van der Waals surface area contributed by atoms with E-state index in [1.165, 1.54) is 21.1 Å². The summed E-state index contributed by atoms with van der Waals surface area (Å²) in [6.07, 6.45) is 7.51. The number of ether oxygens (including phenoxy) is 2. The Morgan fingerprint density at radius 3 is 2.58 bits per heavy atom. The lowest BCUT2D eigenvalue weighted by Crippen LogP contribution is -2.44. The molecule has 0 radical (unpaired) electrons. The molecule has 2 aliphatic carbocycles. The van der Waals surface area contributed by atoms with Crippen LogP contribution in [-0.4, -0.2) is 47.7 Å². The van der Waals surface area contributed by atoms with Crippen LogP contribution in [0.15, 0.2) is 40.2 Å². The van der Waals surface area contributed by atoms with Crippen molar-refractivity contribution in [2.75, 3.05) is 6.54 Å². The molecule has 3 aliphatic rings. The Morgan fingerprint density at radius 1 is 1.09 bits per heavy atom. The molecule has 1 aromatic carbocycles. The van der Waals surface area contributed by atoms with Crippen LogP contribution < -0.4 is 11.3 Å². The summed E-state index contributed by atoms with van der Waals surface area (Å²) in [4.78, 5) is 25.2. The maximum atomic E-state index is 13.5. The van der Waals surface area contributed by atoms with Gasteiger partial charge in [0.1, 0.15) is 6.10 Å². The largest absolute Gasteiger partial charge is 0.510 e. The maximum Gasteiger partial charge on any atom is 0.510 e. The Kier molecular flexibility index (Phi) is 5.70. The molecule has 33 heavy (non-hydrogen) atoms. The number of hydrogen-bond donors (Lipinski definition) is 1. The third kappa shape index (κ3) is 3.94. The fourth-order valence-corrected chi connectivity index (χ4v) is 7.34. The molecule has 2 saturated carbocycles. The highest BCUT2D eigenvalue weighted by Gasteiger charge is 2.60. The molecule has 2 aromatic rings. The topological polar surface area (TPSA) is 121 Å². The van der Waals surface area contributed by atoms with E-state index < -0.39 is 27.3 Å². The molecule has 1 aliphatic heterocycles. The van der Waals surface area contributed by atoms with Gasteiger partial charge in [0.2, 0.25) is 10.0 Å². The SMILES string of the molecule is N[C@H]1CCN(S(=O)(=O)c2cccc3c(=O)n(COC(=O)OC4CCCCC4)ccc23)C12CC2. The van der Waals surface area contributed by atoms with Gasteiger partial charge in [0.15, 0.2) is 6.73 Å². The Morgan fingerprint density at radius 2 is 1.85 bits per heavy atom. The summed E-state index contributed by atoms with van der Waals surface area (Å²) in [7, 11) is -3.82. The molecule has 9 nitrogen and oxygen atoms in total. The van der Waals surface area contributed by atoms with E-state index in [-0.39, 0.29) is 29.2 Å². The number of aromatic nitrogens is 1. The monoisotopic (exact) mass is 475 g/mol. The number of fused-ring (bicyclic) bond motifs is 1. The van der Waals surface area contributed by atoms with E-state index in [2.05, 4.69) is 0 Å². The molecule has 5 rings (SSSR count). The van der Waals surface area contributed by atoms with Crippen molar-refractivity contribution in [1.82, 2.24) is 8.87 Å². The quantitative estimate of drug-likeness (QED) is 0.660. The molecule has 2 N–H and O–H groups in total. The van der Waals surface area contributed by atoms with Crippen LogP contribution in [-0.2, 0) is 26.2 Å². The number of carbonyl (C=O) groups is 1. The highest BCUT2D eigenvalue weighted by atomic mass is 32.2. The number of benzene rings is 1. The number of rotatable bonds is 5. The summed E-state index contributed by atoms with van der Waals surface area (Å²) in [6, 6.07) is 6.09.